The standard InChI is InChI=1S/C15H21NO2/c17-15(18)11-14(12-7-3-1-4-8-12)16-13-9-5-2-6-10-13/h1,3-4,7-8,13-14,16H,2,5-6,9-11H2,(H,17,18)/t14-/m1/s1. The third-order valence-corrected chi connectivity index (χ3v) is 3.62. The molecule has 1 aromatic carbocycles. The molecule has 0 saturated heterocycles. The molecule has 2 rings (SSSR count). The Morgan fingerprint density at radius 1 is 1.22 bits per heavy atom. The van der Waals surface area contributed by atoms with E-state index in [0.717, 1.165) is 5.56 Å². The van der Waals surface area contributed by atoms with E-state index >= 15 is 0 Å². The molecule has 1 atom stereocenters. The normalized spacial score (nSPS) is 18.4. The average Bonchev–Trinajstić information content (AvgIpc) is 2.40. The van der Waals surface area contributed by atoms with Gasteiger partial charge in [0.15, 0.2) is 0 Å². The zero-order valence-electron chi connectivity index (χ0n) is 10.6. The predicted octanol–water partition coefficient (Wildman–Crippen LogP) is 3.12. The number of carbonyl (C=O) groups is 1. The van der Waals surface area contributed by atoms with Gasteiger partial charge in [-0.2, -0.15) is 0 Å². The van der Waals surface area contributed by atoms with Crippen LogP contribution < -0.4 is 5.32 Å². The molecule has 98 valence electrons. The molecule has 0 aromatic heterocycles. The maximum absolute atomic E-state index is 11.0. The fourth-order valence-electron chi connectivity index (χ4n) is 2.69. The van der Waals surface area contributed by atoms with Crippen LogP contribution in [0.1, 0.15) is 50.1 Å². The highest BCUT2D eigenvalue weighted by atomic mass is 16.4. The highest BCUT2D eigenvalue weighted by Crippen LogP contribution is 2.23. The molecule has 18 heavy (non-hydrogen) atoms. The summed E-state index contributed by atoms with van der Waals surface area (Å²) >= 11 is 0. The molecule has 1 aromatic rings. The Labute approximate surface area is 108 Å². The number of aliphatic carboxylic acids is 1. The van der Waals surface area contributed by atoms with Crippen LogP contribution in [0.5, 0.6) is 0 Å². The topological polar surface area (TPSA) is 49.3 Å². The molecular formula is C15H21NO2. The Kier molecular flexibility index (Phi) is 4.76. The quantitative estimate of drug-likeness (QED) is 0.840. The summed E-state index contributed by atoms with van der Waals surface area (Å²) in [6.07, 6.45) is 6.32. The third kappa shape index (κ3) is 3.84. The first-order chi connectivity index (χ1) is 8.75. The predicted molar refractivity (Wildman–Crippen MR) is 71.4 cm³/mol. The molecule has 0 unspecified atom stereocenters. The Hall–Kier alpha value is -1.35. The summed E-state index contributed by atoms with van der Waals surface area (Å²) in [5.41, 5.74) is 1.07. The lowest BCUT2D eigenvalue weighted by Crippen LogP contribution is -2.35. The number of nitrogens with one attached hydrogen (secondary N) is 1. The van der Waals surface area contributed by atoms with Crippen LogP contribution in [0.15, 0.2) is 30.3 Å². The summed E-state index contributed by atoms with van der Waals surface area (Å²) in [5, 5.41) is 12.6. The molecule has 1 saturated carbocycles. The summed E-state index contributed by atoms with van der Waals surface area (Å²) in [7, 11) is 0. The number of carboxylic acids is 1. The van der Waals surface area contributed by atoms with Crippen molar-refractivity contribution < 1.29 is 9.90 Å². The number of hydrogen-bond donors (Lipinski definition) is 2. The summed E-state index contributed by atoms with van der Waals surface area (Å²) in [6.45, 7) is 0. The Morgan fingerprint density at radius 3 is 2.50 bits per heavy atom. The van der Waals surface area contributed by atoms with Gasteiger partial charge >= 0.3 is 5.97 Å². The van der Waals surface area contributed by atoms with E-state index in [4.69, 9.17) is 5.11 Å². The molecule has 0 aliphatic heterocycles. The van der Waals surface area contributed by atoms with E-state index in [9.17, 15) is 4.79 Å². The van der Waals surface area contributed by atoms with Crippen molar-refractivity contribution >= 4 is 5.97 Å². The van der Waals surface area contributed by atoms with Crippen molar-refractivity contribution in [1.82, 2.24) is 5.32 Å². The first-order valence-corrected chi connectivity index (χ1v) is 6.78. The second kappa shape index (κ2) is 6.55. The number of benzene rings is 1. The summed E-state index contributed by atoms with van der Waals surface area (Å²) in [5.74, 6) is -0.743. The maximum Gasteiger partial charge on any atom is 0.305 e. The molecule has 2 N–H and O–H groups in total. The second-order valence-electron chi connectivity index (χ2n) is 5.06. The fraction of sp³-hybridized carbons (Fsp3) is 0.533. The van der Waals surface area contributed by atoms with Crippen LogP contribution in [0.25, 0.3) is 0 Å². The number of carboxylic acid groups (broad SMARTS) is 1. The van der Waals surface area contributed by atoms with Crippen molar-refractivity contribution in [3.05, 3.63) is 35.9 Å². The molecule has 0 radical (unpaired) electrons. The van der Waals surface area contributed by atoms with Crippen LogP contribution in [-0.2, 0) is 4.79 Å². The van der Waals surface area contributed by atoms with Crippen LogP contribution in [0, 0.1) is 0 Å². The minimum Gasteiger partial charge on any atom is -0.481 e. The SMILES string of the molecule is O=C(O)C[C@@H](NC1CCCCC1)c1ccccc1. The van der Waals surface area contributed by atoms with Crippen molar-refractivity contribution in [2.75, 3.05) is 0 Å². The van der Waals surface area contributed by atoms with Gasteiger partial charge < -0.3 is 10.4 Å². The Balaban J connectivity index is 2.02. The van der Waals surface area contributed by atoms with E-state index in [-0.39, 0.29) is 12.5 Å². The minimum absolute atomic E-state index is 0.0631. The van der Waals surface area contributed by atoms with Gasteiger partial charge in [-0.15, -0.1) is 0 Å². The first kappa shape index (κ1) is 13.1. The van der Waals surface area contributed by atoms with Crippen LogP contribution >= 0.6 is 0 Å². The largest absolute Gasteiger partial charge is 0.481 e. The van der Waals surface area contributed by atoms with Crippen LogP contribution in [0.3, 0.4) is 0 Å². The fourth-order valence-corrected chi connectivity index (χ4v) is 2.69. The smallest absolute Gasteiger partial charge is 0.305 e. The lowest BCUT2D eigenvalue weighted by Gasteiger charge is -2.28. The van der Waals surface area contributed by atoms with E-state index in [2.05, 4.69) is 5.32 Å². The first-order valence-electron chi connectivity index (χ1n) is 6.78. The second-order valence-corrected chi connectivity index (χ2v) is 5.06. The highest BCUT2D eigenvalue weighted by Gasteiger charge is 2.20. The van der Waals surface area contributed by atoms with Gasteiger partial charge in [-0.25, -0.2) is 0 Å². The molecule has 1 aliphatic rings. The molecule has 1 aliphatic carbocycles. The lowest BCUT2D eigenvalue weighted by molar-refractivity contribution is -0.137. The zero-order chi connectivity index (χ0) is 12.8. The van der Waals surface area contributed by atoms with Gasteiger partial charge in [0.2, 0.25) is 0 Å². The maximum atomic E-state index is 11.0. The van der Waals surface area contributed by atoms with Crippen molar-refractivity contribution in [3.8, 4) is 0 Å². The Bertz CT molecular complexity index is 371. The van der Waals surface area contributed by atoms with Gasteiger partial charge in [-0.1, -0.05) is 49.6 Å². The van der Waals surface area contributed by atoms with E-state index in [1.807, 2.05) is 30.3 Å². The van der Waals surface area contributed by atoms with Crippen LogP contribution in [0.4, 0.5) is 0 Å². The van der Waals surface area contributed by atoms with Gasteiger partial charge in [0.05, 0.1) is 6.42 Å². The van der Waals surface area contributed by atoms with Crippen molar-refractivity contribution in [1.29, 1.82) is 0 Å². The monoisotopic (exact) mass is 247 g/mol. The molecular weight excluding hydrogens is 226 g/mol. The van der Waals surface area contributed by atoms with Gasteiger partial charge in [-0.05, 0) is 18.4 Å². The van der Waals surface area contributed by atoms with Crippen molar-refractivity contribution in [2.45, 2.75) is 50.6 Å². The average molecular weight is 247 g/mol. The number of rotatable bonds is 5. The van der Waals surface area contributed by atoms with Gasteiger partial charge in [-0.3, -0.25) is 4.79 Å². The summed E-state index contributed by atoms with van der Waals surface area (Å²) in [4.78, 5) is 11.0. The highest BCUT2D eigenvalue weighted by molar-refractivity contribution is 5.67. The van der Waals surface area contributed by atoms with E-state index in [0.29, 0.717) is 6.04 Å². The Morgan fingerprint density at radius 2 is 1.89 bits per heavy atom. The third-order valence-electron chi connectivity index (χ3n) is 3.62. The molecule has 0 bridgehead atoms. The molecule has 3 heteroatoms. The minimum atomic E-state index is -0.743. The van der Waals surface area contributed by atoms with E-state index in [1.54, 1.807) is 0 Å². The van der Waals surface area contributed by atoms with Gasteiger partial charge in [0.1, 0.15) is 0 Å². The molecule has 0 heterocycles. The van der Waals surface area contributed by atoms with Gasteiger partial charge in [0, 0.05) is 12.1 Å². The lowest BCUT2D eigenvalue weighted by atomic mass is 9.93. The number of hydrogen-bond acceptors (Lipinski definition) is 2. The van der Waals surface area contributed by atoms with E-state index < -0.39 is 5.97 Å². The molecule has 0 amide bonds. The van der Waals surface area contributed by atoms with Gasteiger partial charge in [0.25, 0.3) is 0 Å². The summed E-state index contributed by atoms with van der Waals surface area (Å²) < 4.78 is 0. The summed E-state index contributed by atoms with van der Waals surface area (Å²) in [6, 6.07) is 10.3. The molecule has 0 spiro atoms. The van der Waals surface area contributed by atoms with Crippen molar-refractivity contribution in [3.63, 3.8) is 0 Å². The molecule has 1 fully saturated rings. The molecule has 3 nitrogen and oxygen atoms in total. The zero-order valence-corrected chi connectivity index (χ0v) is 10.6. The van der Waals surface area contributed by atoms with Crippen LogP contribution in [-0.4, -0.2) is 17.1 Å². The van der Waals surface area contributed by atoms with Crippen LogP contribution in [0.2, 0.25) is 0 Å². The van der Waals surface area contributed by atoms with E-state index in [1.165, 1.54) is 32.1 Å². The van der Waals surface area contributed by atoms with Crippen molar-refractivity contribution in [2.24, 2.45) is 0 Å².